The third-order valence-electron chi connectivity index (χ3n) is 4.73. The van der Waals surface area contributed by atoms with Gasteiger partial charge in [-0.2, -0.15) is 0 Å². The Kier molecular flexibility index (Phi) is 6.27. The molecular formula is C23H24N6O2S. The van der Waals surface area contributed by atoms with Crippen molar-refractivity contribution < 1.29 is 9.59 Å². The fourth-order valence-corrected chi connectivity index (χ4v) is 4.14. The maximum atomic E-state index is 12.3. The molecule has 2 heterocycles. The van der Waals surface area contributed by atoms with Gasteiger partial charge in [-0.05, 0) is 44.5 Å². The maximum absolute atomic E-state index is 12.3. The lowest BCUT2D eigenvalue weighted by atomic mass is 10.1. The van der Waals surface area contributed by atoms with Crippen LogP contribution in [0.4, 0.5) is 4.79 Å². The Morgan fingerprint density at radius 3 is 2.72 bits per heavy atom. The van der Waals surface area contributed by atoms with Crippen LogP contribution in [0.5, 0.6) is 0 Å². The number of amides is 3. The number of nitrogens with zero attached hydrogens (tertiary/aromatic N) is 3. The summed E-state index contributed by atoms with van der Waals surface area (Å²) in [5.41, 5.74) is 3.92. The Morgan fingerprint density at radius 1 is 1.12 bits per heavy atom. The van der Waals surface area contributed by atoms with E-state index in [1.165, 1.54) is 11.8 Å². The molecule has 0 unspecified atom stereocenters. The topological polar surface area (TPSA) is 105 Å². The number of carbonyl (C=O) groups excluding carboxylic acids is 2. The number of imide groups is 1. The highest BCUT2D eigenvalue weighted by Crippen LogP contribution is 2.32. The van der Waals surface area contributed by atoms with Crippen molar-refractivity contribution in [2.24, 2.45) is 0 Å². The molecule has 0 aliphatic rings. The lowest BCUT2D eigenvalue weighted by molar-refractivity contribution is -0.117. The van der Waals surface area contributed by atoms with E-state index in [1.54, 1.807) is 0 Å². The third-order valence-corrected chi connectivity index (χ3v) is 5.66. The average Bonchev–Trinajstić information content (AvgIpc) is 3.35. The summed E-state index contributed by atoms with van der Waals surface area (Å²) in [6.07, 6.45) is 1.92. The van der Waals surface area contributed by atoms with Crippen LogP contribution in [0.3, 0.4) is 0 Å². The Labute approximate surface area is 189 Å². The number of rotatable bonds is 6. The van der Waals surface area contributed by atoms with Crippen LogP contribution < -0.4 is 10.6 Å². The number of H-pyrrole nitrogens is 1. The molecule has 4 aromatic rings. The smallest absolute Gasteiger partial charge is 0.321 e. The first-order valence-corrected chi connectivity index (χ1v) is 11.2. The lowest BCUT2D eigenvalue weighted by Gasteiger charge is -2.11. The molecule has 0 radical (unpaired) electrons. The fraction of sp³-hybridized carbons (Fsp3) is 0.217. The molecular weight excluding hydrogens is 424 g/mol. The minimum Gasteiger partial charge on any atom is -0.360 e. The number of thioether (sulfide) groups is 1. The van der Waals surface area contributed by atoms with Crippen molar-refractivity contribution in [1.82, 2.24) is 30.4 Å². The molecule has 0 bridgehead atoms. The molecule has 2 aromatic heterocycles. The molecule has 2 aromatic carbocycles. The van der Waals surface area contributed by atoms with Crippen LogP contribution in [-0.4, -0.2) is 43.5 Å². The summed E-state index contributed by atoms with van der Waals surface area (Å²) in [6, 6.07) is 15.4. The monoisotopic (exact) mass is 448 g/mol. The summed E-state index contributed by atoms with van der Waals surface area (Å²) in [6.45, 7) is 5.68. The van der Waals surface area contributed by atoms with Crippen LogP contribution in [0.2, 0.25) is 0 Å². The molecule has 0 saturated heterocycles. The van der Waals surface area contributed by atoms with E-state index in [4.69, 9.17) is 0 Å². The first-order chi connectivity index (χ1) is 15.4. The van der Waals surface area contributed by atoms with E-state index < -0.39 is 11.9 Å². The van der Waals surface area contributed by atoms with Crippen molar-refractivity contribution >= 4 is 34.6 Å². The van der Waals surface area contributed by atoms with Crippen LogP contribution in [0.25, 0.3) is 28.0 Å². The van der Waals surface area contributed by atoms with Crippen molar-refractivity contribution in [1.29, 1.82) is 0 Å². The van der Waals surface area contributed by atoms with Crippen molar-refractivity contribution in [2.45, 2.75) is 32.0 Å². The third kappa shape index (κ3) is 4.67. The highest BCUT2D eigenvalue weighted by Gasteiger charge is 2.20. The summed E-state index contributed by atoms with van der Waals surface area (Å²) in [4.78, 5) is 27.3. The van der Waals surface area contributed by atoms with Gasteiger partial charge < -0.3 is 10.3 Å². The first kappa shape index (κ1) is 21.6. The number of aryl methyl sites for hydroxylation is 1. The number of para-hydroxylation sites is 1. The van der Waals surface area contributed by atoms with Crippen molar-refractivity contribution in [2.75, 3.05) is 5.75 Å². The highest BCUT2D eigenvalue weighted by atomic mass is 32.2. The number of carbonyl (C=O) groups is 2. The van der Waals surface area contributed by atoms with Gasteiger partial charge in [0.25, 0.3) is 0 Å². The number of fused-ring (bicyclic) bond motifs is 1. The minimum absolute atomic E-state index is 0.0311. The Morgan fingerprint density at radius 2 is 1.94 bits per heavy atom. The van der Waals surface area contributed by atoms with E-state index in [0.29, 0.717) is 11.0 Å². The molecule has 0 fully saturated rings. The second kappa shape index (κ2) is 9.27. The average molecular weight is 449 g/mol. The van der Waals surface area contributed by atoms with Gasteiger partial charge in [0.2, 0.25) is 5.91 Å². The van der Waals surface area contributed by atoms with E-state index in [-0.39, 0.29) is 11.8 Å². The van der Waals surface area contributed by atoms with Gasteiger partial charge in [0.1, 0.15) is 0 Å². The van der Waals surface area contributed by atoms with Gasteiger partial charge >= 0.3 is 6.03 Å². The standard InChI is InChI=1S/C23H24N6O2S/c1-14(2)25-22(31)26-20(30)13-32-23-28-27-21(29(23)16-8-6-7-15(3)11-16)18-12-24-19-10-5-4-9-17(18)19/h4-12,14,24H,13H2,1-3H3,(H2,25,26,30,31). The van der Waals surface area contributed by atoms with Gasteiger partial charge in [-0.1, -0.05) is 42.1 Å². The molecule has 4 rings (SSSR count). The Bertz CT molecular complexity index is 1280. The fourth-order valence-electron chi connectivity index (χ4n) is 3.39. The SMILES string of the molecule is Cc1cccc(-n2c(SCC(=O)NC(=O)NC(C)C)nnc2-c2c[nH]c3ccccc23)c1. The van der Waals surface area contributed by atoms with Crippen molar-refractivity contribution in [3.63, 3.8) is 0 Å². The number of hydrogen-bond donors (Lipinski definition) is 3. The molecule has 164 valence electrons. The van der Waals surface area contributed by atoms with E-state index >= 15 is 0 Å². The number of hydrogen-bond acceptors (Lipinski definition) is 5. The van der Waals surface area contributed by atoms with E-state index in [1.807, 2.05) is 80.1 Å². The van der Waals surface area contributed by atoms with Gasteiger partial charge in [0.15, 0.2) is 11.0 Å². The molecule has 0 saturated carbocycles. The zero-order valence-corrected chi connectivity index (χ0v) is 18.9. The molecule has 3 amide bonds. The second-order valence-electron chi connectivity index (χ2n) is 7.69. The van der Waals surface area contributed by atoms with E-state index in [9.17, 15) is 9.59 Å². The zero-order chi connectivity index (χ0) is 22.7. The lowest BCUT2D eigenvalue weighted by Crippen LogP contribution is -2.43. The molecule has 8 nitrogen and oxygen atoms in total. The van der Waals surface area contributed by atoms with Crippen LogP contribution >= 0.6 is 11.8 Å². The van der Waals surface area contributed by atoms with Gasteiger partial charge in [0, 0.05) is 34.4 Å². The molecule has 0 aliphatic heterocycles. The van der Waals surface area contributed by atoms with E-state index in [0.717, 1.165) is 27.7 Å². The molecule has 0 atom stereocenters. The summed E-state index contributed by atoms with van der Waals surface area (Å²) in [5, 5.41) is 15.4. The van der Waals surface area contributed by atoms with Crippen LogP contribution in [0.1, 0.15) is 19.4 Å². The number of aromatic amines is 1. The molecule has 32 heavy (non-hydrogen) atoms. The van der Waals surface area contributed by atoms with Gasteiger partial charge in [-0.3, -0.25) is 14.7 Å². The number of nitrogens with one attached hydrogen (secondary N) is 3. The van der Waals surface area contributed by atoms with Gasteiger partial charge in [0.05, 0.1) is 5.75 Å². The predicted molar refractivity (Wildman–Crippen MR) is 126 cm³/mol. The second-order valence-corrected chi connectivity index (χ2v) is 8.64. The van der Waals surface area contributed by atoms with Crippen molar-refractivity contribution in [3.8, 4) is 17.1 Å². The maximum Gasteiger partial charge on any atom is 0.321 e. The summed E-state index contributed by atoms with van der Waals surface area (Å²) < 4.78 is 1.94. The van der Waals surface area contributed by atoms with Gasteiger partial charge in [-0.25, -0.2) is 4.79 Å². The summed E-state index contributed by atoms with van der Waals surface area (Å²) in [7, 11) is 0. The zero-order valence-electron chi connectivity index (χ0n) is 18.0. The number of urea groups is 1. The van der Waals surface area contributed by atoms with Crippen LogP contribution in [0, 0.1) is 6.92 Å². The Balaban J connectivity index is 1.66. The van der Waals surface area contributed by atoms with Gasteiger partial charge in [-0.15, -0.1) is 10.2 Å². The normalized spacial score (nSPS) is 11.1. The quantitative estimate of drug-likeness (QED) is 0.386. The number of aromatic nitrogens is 4. The van der Waals surface area contributed by atoms with Crippen LogP contribution in [0.15, 0.2) is 59.9 Å². The molecule has 0 spiro atoms. The van der Waals surface area contributed by atoms with Crippen molar-refractivity contribution in [3.05, 3.63) is 60.3 Å². The Hall–Kier alpha value is -3.59. The van der Waals surface area contributed by atoms with Crippen LogP contribution in [-0.2, 0) is 4.79 Å². The first-order valence-electron chi connectivity index (χ1n) is 10.2. The predicted octanol–water partition coefficient (Wildman–Crippen LogP) is 4.05. The highest BCUT2D eigenvalue weighted by molar-refractivity contribution is 7.99. The number of benzene rings is 2. The van der Waals surface area contributed by atoms with E-state index in [2.05, 4.69) is 25.8 Å². The minimum atomic E-state index is -0.509. The molecule has 3 N–H and O–H groups in total. The molecule has 0 aliphatic carbocycles. The molecule has 9 heteroatoms. The largest absolute Gasteiger partial charge is 0.360 e. The summed E-state index contributed by atoms with van der Waals surface area (Å²) >= 11 is 1.23. The summed E-state index contributed by atoms with van der Waals surface area (Å²) in [5.74, 6) is 0.303.